The van der Waals surface area contributed by atoms with Crippen LogP contribution in [0, 0.1) is 5.82 Å². The SMILES string of the molecule is CN(C(=O)/C=C/c1ccc(F)cc1)c1ccccc1C(=O)NC1CCCCC1. The van der Waals surface area contributed by atoms with E-state index in [-0.39, 0.29) is 23.7 Å². The maximum Gasteiger partial charge on any atom is 0.253 e. The Labute approximate surface area is 165 Å². The standard InChI is InChI=1S/C23H25FN2O2/c1-26(22(27)16-13-17-11-14-18(24)15-12-17)21-10-6-5-9-20(21)23(28)25-19-7-3-2-4-8-19/h5-6,9-16,19H,2-4,7-8H2,1H3,(H,25,28)/b16-13+. The average molecular weight is 380 g/mol. The molecule has 28 heavy (non-hydrogen) atoms. The zero-order chi connectivity index (χ0) is 19.9. The van der Waals surface area contributed by atoms with Crippen LogP contribution in [0.1, 0.15) is 48.0 Å². The van der Waals surface area contributed by atoms with Crippen molar-refractivity contribution in [1.82, 2.24) is 5.32 Å². The second-order valence-electron chi connectivity index (χ2n) is 7.11. The fourth-order valence-electron chi connectivity index (χ4n) is 3.44. The number of nitrogens with zero attached hydrogens (tertiary/aromatic N) is 1. The number of likely N-dealkylation sites (N-methyl/N-ethyl adjacent to an activating group) is 1. The molecule has 2 aromatic rings. The van der Waals surface area contributed by atoms with Gasteiger partial charge in [-0.15, -0.1) is 0 Å². The Kier molecular flexibility index (Phi) is 6.58. The Morgan fingerprint density at radius 3 is 2.43 bits per heavy atom. The van der Waals surface area contributed by atoms with Gasteiger partial charge in [-0.3, -0.25) is 9.59 Å². The Hall–Kier alpha value is -2.95. The minimum absolute atomic E-state index is 0.148. The first-order valence-corrected chi connectivity index (χ1v) is 9.66. The zero-order valence-corrected chi connectivity index (χ0v) is 16.0. The summed E-state index contributed by atoms with van der Waals surface area (Å²) >= 11 is 0. The maximum absolute atomic E-state index is 13.0. The largest absolute Gasteiger partial charge is 0.349 e. The van der Waals surface area contributed by atoms with Gasteiger partial charge in [0.25, 0.3) is 11.8 Å². The predicted octanol–water partition coefficient (Wildman–Crippen LogP) is 4.56. The van der Waals surface area contributed by atoms with Crippen LogP contribution in [-0.2, 0) is 4.79 Å². The normalized spacial score (nSPS) is 14.8. The van der Waals surface area contributed by atoms with Crippen molar-refractivity contribution in [3.63, 3.8) is 0 Å². The number of hydrogen-bond donors (Lipinski definition) is 1. The molecule has 0 aliphatic heterocycles. The van der Waals surface area contributed by atoms with E-state index in [4.69, 9.17) is 0 Å². The first kappa shape index (κ1) is 19.8. The summed E-state index contributed by atoms with van der Waals surface area (Å²) in [5.41, 5.74) is 1.77. The van der Waals surface area contributed by atoms with E-state index in [0.29, 0.717) is 11.3 Å². The molecule has 1 saturated carbocycles. The van der Waals surface area contributed by atoms with E-state index in [0.717, 1.165) is 31.2 Å². The molecule has 4 nitrogen and oxygen atoms in total. The van der Waals surface area contributed by atoms with Crippen LogP contribution in [0.2, 0.25) is 0 Å². The molecule has 0 spiro atoms. The second kappa shape index (κ2) is 9.31. The highest BCUT2D eigenvalue weighted by atomic mass is 19.1. The Morgan fingerprint density at radius 2 is 1.71 bits per heavy atom. The van der Waals surface area contributed by atoms with Crippen LogP contribution in [0.5, 0.6) is 0 Å². The topological polar surface area (TPSA) is 49.4 Å². The van der Waals surface area contributed by atoms with Crippen molar-refractivity contribution in [3.05, 3.63) is 71.6 Å². The molecule has 146 valence electrons. The lowest BCUT2D eigenvalue weighted by Crippen LogP contribution is -2.37. The molecule has 5 heteroatoms. The zero-order valence-electron chi connectivity index (χ0n) is 16.0. The summed E-state index contributed by atoms with van der Waals surface area (Å²) in [5, 5.41) is 3.10. The summed E-state index contributed by atoms with van der Waals surface area (Å²) in [7, 11) is 1.64. The molecule has 2 amide bonds. The van der Waals surface area contributed by atoms with Crippen LogP contribution in [0.4, 0.5) is 10.1 Å². The quantitative estimate of drug-likeness (QED) is 0.773. The van der Waals surface area contributed by atoms with Gasteiger partial charge in [0.2, 0.25) is 0 Å². The van der Waals surface area contributed by atoms with Gasteiger partial charge in [-0.1, -0.05) is 43.5 Å². The highest BCUT2D eigenvalue weighted by molar-refractivity contribution is 6.08. The van der Waals surface area contributed by atoms with Crippen molar-refractivity contribution in [2.45, 2.75) is 38.1 Å². The van der Waals surface area contributed by atoms with Crippen LogP contribution in [0.15, 0.2) is 54.6 Å². The fourth-order valence-corrected chi connectivity index (χ4v) is 3.44. The molecule has 1 aliphatic carbocycles. The van der Waals surface area contributed by atoms with Gasteiger partial charge < -0.3 is 10.2 Å². The van der Waals surface area contributed by atoms with Gasteiger partial charge >= 0.3 is 0 Å². The van der Waals surface area contributed by atoms with Crippen LogP contribution in [0.25, 0.3) is 6.08 Å². The fraction of sp³-hybridized carbons (Fsp3) is 0.304. The summed E-state index contributed by atoms with van der Waals surface area (Å²) in [6.45, 7) is 0. The lowest BCUT2D eigenvalue weighted by molar-refractivity contribution is -0.113. The van der Waals surface area contributed by atoms with Gasteiger partial charge in [0, 0.05) is 19.2 Å². The summed E-state index contributed by atoms with van der Waals surface area (Å²) in [6, 6.07) is 13.2. The number of hydrogen-bond acceptors (Lipinski definition) is 2. The second-order valence-corrected chi connectivity index (χ2v) is 7.11. The summed E-state index contributed by atoms with van der Waals surface area (Å²) in [6.07, 6.45) is 8.55. The highest BCUT2D eigenvalue weighted by Gasteiger charge is 2.20. The lowest BCUT2D eigenvalue weighted by atomic mass is 9.95. The third kappa shape index (κ3) is 5.06. The van der Waals surface area contributed by atoms with Crippen LogP contribution in [0.3, 0.4) is 0 Å². The molecule has 0 unspecified atom stereocenters. The Morgan fingerprint density at radius 1 is 1.04 bits per heavy atom. The van der Waals surface area contributed by atoms with Gasteiger partial charge in [-0.2, -0.15) is 0 Å². The minimum atomic E-state index is -0.321. The van der Waals surface area contributed by atoms with E-state index in [1.165, 1.54) is 29.5 Å². The third-order valence-corrected chi connectivity index (χ3v) is 5.07. The van der Waals surface area contributed by atoms with Gasteiger partial charge in [-0.25, -0.2) is 4.39 Å². The number of anilines is 1. The molecule has 0 bridgehead atoms. The van der Waals surface area contributed by atoms with E-state index in [9.17, 15) is 14.0 Å². The van der Waals surface area contributed by atoms with Gasteiger partial charge in [0.05, 0.1) is 11.3 Å². The predicted molar refractivity (Wildman–Crippen MR) is 110 cm³/mol. The van der Waals surface area contributed by atoms with Gasteiger partial charge in [0.1, 0.15) is 5.82 Å². The monoisotopic (exact) mass is 380 g/mol. The van der Waals surface area contributed by atoms with Crippen molar-refractivity contribution >= 4 is 23.6 Å². The number of carbonyl (C=O) groups excluding carboxylic acids is 2. The maximum atomic E-state index is 13.0. The molecular formula is C23H25FN2O2. The highest BCUT2D eigenvalue weighted by Crippen LogP contribution is 2.22. The van der Waals surface area contributed by atoms with Gasteiger partial charge in [0.15, 0.2) is 0 Å². The van der Waals surface area contributed by atoms with Crippen LogP contribution < -0.4 is 10.2 Å². The number of nitrogens with one attached hydrogen (secondary N) is 1. The van der Waals surface area contributed by atoms with Crippen molar-refractivity contribution in [2.75, 3.05) is 11.9 Å². The van der Waals surface area contributed by atoms with Crippen LogP contribution in [-0.4, -0.2) is 24.9 Å². The molecule has 1 fully saturated rings. The average Bonchev–Trinajstić information content (AvgIpc) is 2.73. The van der Waals surface area contributed by atoms with Crippen molar-refractivity contribution in [3.8, 4) is 0 Å². The molecular weight excluding hydrogens is 355 g/mol. The summed E-state index contributed by atoms with van der Waals surface area (Å²) in [5.74, 6) is -0.731. The molecule has 0 radical (unpaired) electrons. The Balaban J connectivity index is 1.72. The van der Waals surface area contributed by atoms with E-state index < -0.39 is 0 Å². The summed E-state index contributed by atoms with van der Waals surface area (Å²) in [4.78, 5) is 26.8. The first-order chi connectivity index (χ1) is 13.5. The molecule has 0 aromatic heterocycles. The molecule has 1 N–H and O–H groups in total. The van der Waals surface area contributed by atoms with Crippen molar-refractivity contribution < 1.29 is 14.0 Å². The molecule has 2 aromatic carbocycles. The molecule has 1 aliphatic rings. The van der Waals surface area contributed by atoms with E-state index >= 15 is 0 Å². The third-order valence-electron chi connectivity index (χ3n) is 5.07. The minimum Gasteiger partial charge on any atom is -0.349 e. The van der Waals surface area contributed by atoms with Gasteiger partial charge in [-0.05, 0) is 48.7 Å². The summed E-state index contributed by atoms with van der Waals surface area (Å²) < 4.78 is 13.0. The smallest absolute Gasteiger partial charge is 0.253 e. The number of benzene rings is 2. The van der Waals surface area contributed by atoms with Crippen molar-refractivity contribution in [2.24, 2.45) is 0 Å². The molecule has 0 saturated heterocycles. The molecule has 0 heterocycles. The lowest BCUT2D eigenvalue weighted by Gasteiger charge is -2.24. The molecule has 3 rings (SSSR count). The van der Waals surface area contributed by atoms with E-state index in [1.54, 1.807) is 49.5 Å². The Bertz CT molecular complexity index is 855. The number of amides is 2. The van der Waals surface area contributed by atoms with E-state index in [2.05, 4.69) is 5.32 Å². The van der Waals surface area contributed by atoms with Crippen LogP contribution >= 0.6 is 0 Å². The number of halogens is 1. The molecule has 0 atom stereocenters. The first-order valence-electron chi connectivity index (χ1n) is 9.66. The number of para-hydroxylation sites is 1. The number of rotatable bonds is 5. The number of carbonyl (C=O) groups is 2. The van der Waals surface area contributed by atoms with Crippen molar-refractivity contribution in [1.29, 1.82) is 0 Å². The van der Waals surface area contributed by atoms with E-state index in [1.807, 2.05) is 0 Å².